The Bertz CT molecular complexity index is 382. The summed E-state index contributed by atoms with van der Waals surface area (Å²) in [6, 6.07) is 4.51. The van der Waals surface area contributed by atoms with Crippen LogP contribution < -0.4 is 10.6 Å². The number of aromatic nitrogens is 1. The van der Waals surface area contributed by atoms with E-state index in [1.165, 1.54) is 19.3 Å². The number of ether oxygens (including phenoxy) is 1. The van der Waals surface area contributed by atoms with Gasteiger partial charge < -0.3 is 15.4 Å². The third-order valence-electron chi connectivity index (χ3n) is 3.61. The van der Waals surface area contributed by atoms with Crippen LogP contribution in [0.5, 0.6) is 0 Å². The van der Waals surface area contributed by atoms with Crippen LogP contribution >= 0.6 is 0 Å². The zero-order valence-corrected chi connectivity index (χ0v) is 9.30. The molecule has 2 fully saturated rings. The molecular formula is C12H17N3O. The molecule has 16 heavy (non-hydrogen) atoms. The lowest BCUT2D eigenvalue weighted by atomic mass is 10.1. The molecule has 0 aromatic carbocycles. The van der Waals surface area contributed by atoms with E-state index in [1.807, 2.05) is 6.07 Å². The van der Waals surface area contributed by atoms with Crippen molar-refractivity contribution in [1.82, 2.24) is 4.98 Å². The fourth-order valence-corrected chi connectivity index (χ4v) is 2.88. The smallest absolute Gasteiger partial charge is 0.146 e. The van der Waals surface area contributed by atoms with E-state index in [0.717, 1.165) is 18.8 Å². The van der Waals surface area contributed by atoms with Gasteiger partial charge in [-0.15, -0.1) is 0 Å². The molecule has 4 nitrogen and oxygen atoms in total. The summed E-state index contributed by atoms with van der Waals surface area (Å²) in [4.78, 5) is 6.54. The van der Waals surface area contributed by atoms with Crippen molar-refractivity contribution in [2.45, 2.75) is 31.4 Å². The van der Waals surface area contributed by atoms with E-state index in [1.54, 1.807) is 6.20 Å². The summed E-state index contributed by atoms with van der Waals surface area (Å²) in [5.41, 5.74) is 7.01. The van der Waals surface area contributed by atoms with E-state index in [2.05, 4.69) is 16.0 Å². The number of rotatable bonds is 1. The molecule has 1 aromatic heterocycles. The van der Waals surface area contributed by atoms with E-state index in [-0.39, 0.29) is 0 Å². The maximum atomic E-state index is 5.94. The van der Waals surface area contributed by atoms with Crippen LogP contribution in [-0.4, -0.2) is 30.3 Å². The number of nitrogen functional groups attached to an aromatic ring is 1. The number of morpholine rings is 1. The number of nitrogens with two attached hydrogens (primary N) is 1. The van der Waals surface area contributed by atoms with E-state index in [4.69, 9.17) is 10.5 Å². The van der Waals surface area contributed by atoms with Gasteiger partial charge in [-0.2, -0.15) is 0 Å². The molecule has 86 valence electrons. The van der Waals surface area contributed by atoms with Gasteiger partial charge in [0.15, 0.2) is 0 Å². The molecule has 2 N–H and O–H groups in total. The molecule has 1 aliphatic heterocycles. The quantitative estimate of drug-likeness (QED) is 0.776. The van der Waals surface area contributed by atoms with Gasteiger partial charge in [-0.1, -0.05) is 0 Å². The molecule has 0 amide bonds. The molecule has 2 unspecified atom stereocenters. The molecule has 0 bridgehead atoms. The van der Waals surface area contributed by atoms with Gasteiger partial charge in [-0.3, -0.25) is 0 Å². The molecule has 1 aromatic rings. The summed E-state index contributed by atoms with van der Waals surface area (Å²) in [6.07, 6.45) is 5.78. The Kier molecular flexibility index (Phi) is 2.44. The van der Waals surface area contributed by atoms with Crippen molar-refractivity contribution in [1.29, 1.82) is 0 Å². The molecule has 2 atom stereocenters. The minimum Gasteiger partial charge on any atom is -0.382 e. The van der Waals surface area contributed by atoms with E-state index in [9.17, 15) is 0 Å². The maximum Gasteiger partial charge on any atom is 0.146 e. The number of anilines is 2. The van der Waals surface area contributed by atoms with Gasteiger partial charge >= 0.3 is 0 Å². The molecular weight excluding hydrogens is 202 g/mol. The van der Waals surface area contributed by atoms with E-state index >= 15 is 0 Å². The molecule has 1 saturated carbocycles. The van der Waals surface area contributed by atoms with Crippen molar-refractivity contribution in [2.75, 3.05) is 23.8 Å². The lowest BCUT2D eigenvalue weighted by Crippen LogP contribution is -2.48. The third-order valence-corrected chi connectivity index (χ3v) is 3.61. The van der Waals surface area contributed by atoms with Gasteiger partial charge in [0.1, 0.15) is 5.82 Å². The largest absolute Gasteiger partial charge is 0.382 e. The van der Waals surface area contributed by atoms with Crippen LogP contribution in [0.2, 0.25) is 0 Å². The first-order chi connectivity index (χ1) is 7.86. The van der Waals surface area contributed by atoms with E-state index < -0.39 is 0 Å². The zero-order valence-electron chi connectivity index (χ0n) is 9.30. The second-order valence-corrected chi connectivity index (χ2v) is 4.51. The van der Waals surface area contributed by atoms with Crippen molar-refractivity contribution in [3.05, 3.63) is 18.3 Å². The highest BCUT2D eigenvalue weighted by Gasteiger charge is 2.36. The molecule has 2 aliphatic rings. The lowest BCUT2D eigenvalue weighted by molar-refractivity contribution is 0.0257. The molecule has 0 radical (unpaired) electrons. The summed E-state index contributed by atoms with van der Waals surface area (Å²) in [5, 5.41) is 0. The Morgan fingerprint density at radius 1 is 1.44 bits per heavy atom. The highest BCUT2D eigenvalue weighted by molar-refractivity contribution is 5.64. The van der Waals surface area contributed by atoms with Crippen LogP contribution in [-0.2, 0) is 4.74 Å². The minimum atomic E-state index is 0.397. The first-order valence-electron chi connectivity index (χ1n) is 5.95. The van der Waals surface area contributed by atoms with Gasteiger partial charge in [0.25, 0.3) is 0 Å². The number of hydrogen-bond acceptors (Lipinski definition) is 4. The van der Waals surface area contributed by atoms with Crippen molar-refractivity contribution < 1.29 is 4.74 Å². The number of hydrogen-bond donors (Lipinski definition) is 1. The molecule has 0 spiro atoms. The van der Waals surface area contributed by atoms with Crippen molar-refractivity contribution in [3.63, 3.8) is 0 Å². The number of nitrogens with zero attached hydrogens (tertiary/aromatic N) is 2. The molecule has 2 heterocycles. The van der Waals surface area contributed by atoms with Crippen LogP contribution in [0.1, 0.15) is 19.3 Å². The molecule has 4 heteroatoms. The van der Waals surface area contributed by atoms with Crippen molar-refractivity contribution >= 4 is 11.5 Å². The SMILES string of the molecule is Nc1ncccc1N1CCOC2CCCC21. The minimum absolute atomic E-state index is 0.397. The van der Waals surface area contributed by atoms with Crippen LogP contribution in [0.4, 0.5) is 11.5 Å². The first kappa shape index (κ1) is 9.90. The molecule has 1 aliphatic carbocycles. The average molecular weight is 219 g/mol. The highest BCUT2D eigenvalue weighted by Crippen LogP contribution is 2.34. The fourth-order valence-electron chi connectivity index (χ4n) is 2.88. The molecule has 1 saturated heterocycles. The first-order valence-corrected chi connectivity index (χ1v) is 5.95. The van der Waals surface area contributed by atoms with E-state index in [0.29, 0.717) is 18.0 Å². The highest BCUT2D eigenvalue weighted by atomic mass is 16.5. The normalized spacial score (nSPS) is 29.1. The summed E-state index contributed by atoms with van der Waals surface area (Å²) >= 11 is 0. The standard InChI is InChI=1S/C12H17N3O/c13-12-10(4-2-6-14-12)15-7-8-16-11-5-1-3-9(11)15/h2,4,6,9,11H,1,3,5,7-8H2,(H2,13,14). The average Bonchev–Trinajstić information content (AvgIpc) is 2.77. The summed E-state index contributed by atoms with van der Waals surface area (Å²) in [7, 11) is 0. The van der Waals surface area contributed by atoms with Crippen LogP contribution in [0, 0.1) is 0 Å². The van der Waals surface area contributed by atoms with Gasteiger partial charge in [-0.25, -0.2) is 4.98 Å². The van der Waals surface area contributed by atoms with Gasteiger partial charge in [0.2, 0.25) is 0 Å². The molecule has 3 rings (SSSR count). The maximum absolute atomic E-state index is 5.94. The predicted molar refractivity (Wildman–Crippen MR) is 63.4 cm³/mol. The Morgan fingerprint density at radius 2 is 2.38 bits per heavy atom. The van der Waals surface area contributed by atoms with Crippen LogP contribution in [0.15, 0.2) is 18.3 Å². The summed E-state index contributed by atoms with van der Waals surface area (Å²) in [5.74, 6) is 0.634. The second-order valence-electron chi connectivity index (χ2n) is 4.51. The predicted octanol–water partition coefficient (Wildman–Crippen LogP) is 1.42. The number of fused-ring (bicyclic) bond motifs is 1. The lowest BCUT2D eigenvalue weighted by Gasteiger charge is -2.39. The van der Waals surface area contributed by atoms with Crippen LogP contribution in [0.25, 0.3) is 0 Å². The Hall–Kier alpha value is -1.29. The Balaban J connectivity index is 1.91. The third kappa shape index (κ3) is 1.53. The monoisotopic (exact) mass is 219 g/mol. The van der Waals surface area contributed by atoms with Gasteiger partial charge in [-0.05, 0) is 31.4 Å². The van der Waals surface area contributed by atoms with Gasteiger partial charge in [0.05, 0.1) is 24.4 Å². The zero-order chi connectivity index (χ0) is 11.0. The van der Waals surface area contributed by atoms with Crippen molar-refractivity contribution in [3.8, 4) is 0 Å². The Morgan fingerprint density at radius 3 is 3.25 bits per heavy atom. The second kappa shape index (κ2) is 3.94. The number of pyridine rings is 1. The van der Waals surface area contributed by atoms with Crippen LogP contribution in [0.3, 0.4) is 0 Å². The topological polar surface area (TPSA) is 51.4 Å². The van der Waals surface area contributed by atoms with Gasteiger partial charge in [0, 0.05) is 12.7 Å². The fraction of sp³-hybridized carbons (Fsp3) is 0.583. The summed E-state index contributed by atoms with van der Waals surface area (Å²) < 4.78 is 5.79. The van der Waals surface area contributed by atoms with Crippen molar-refractivity contribution in [2.24, 2.45) is 0 Å². The Labute approximate surface area is 95.4 Å². The summed E-state index contributed by atoms with van der Waals surface area (Å²) in [6.45, 7) is 1.73.